The number of ether oxygens (including phenoxy) is 2. The average Bonchev–Trinajstić information content (AvgIpc) is 2.42. The molecule has 19 heavy (non-hydrogen) atoms. The van der Waals surface area contributed by atoms with Crippen LogP contribution >= 0.6 is 0 Å². The van der Waals surface area contributed by atoms with Gasteiger partial charge in [0.05, 0.1) is 18.9 Å². The lowest BCUT2D eigenvalue weighted by molar-refractivity contribution is 0.0874. The Morgan fingerprint density at radius 1 is 0.947 bits per heavy atom. The largest absolute Gasteiger partial charge is 0.489 e. The standard InChI is InChI=1S/C15H16FNO2/c16-13-6-2-1-5-12(13)11-18-9-10-19-15-8-4-3-7-14(15)17/h1-8H,9-11,17H2. The minimum absolute atomic E-state index is 0.236. The van der Waals surface area contributed by atoms with E-state index in [0.717, 1.165) is 0 Å². The smallest absolute Gasteiger partial charge is 0.142 e. The van der Waals surface area contributed by atoms with Crippen LogP contribution in [0.5, 0.6) is 5.75 Å². The monoisotopic (exact) mass is 261 g/mol. The lowest BCUT2D eigenvalue weighted by Crippen LogP contribution is -2.08. The summed E-state index contributed by atoms with van der Waals surface area (Å²) >= 11 is 0. The Kier molecular flexibility index (Phi) is 4.75. The van der Waals surface area contributed by atoms with Gasteiger partial charge in [0.25, 0.3) is 0 Å². The zero-order chi connectivity index (χ0) is 13.5. The number of anilines is 1. The molecule has 4 heteroatoms. The Morgan fingerprint density at radius 3 is 2.47 bits per heavy atom. The van der Waals surface area contributed by atoms with E-state index in [1.54, 1.807) is 30.3 Å². The number of hydrogen-bond acceptors (Lipinski definition) is 3. The number of rotatable bonds is 6. The highest BCUT2D eigenvalue weighted by molar-refractivity contribution is 5.51. The van der Waals surface area contributed by atoms with Crippen molar-refractivity contribution in [3.63, 3.8) is 0 Å². The van der Waals surface area contributed by atoms with Gasteiger partial charge < -0.3 is 15.2 Å². The molecule has 0 atom stereocenters. The highest BCUT2D eigenvalue weighted by Gasteiger charge is 2.01. The van der Waals surface area contributed by atoms with Gasteiger partial charge in [0.1, 0.15) is 18.2 Å². The molecule has 0 fully saturated rings. The second kappa shape index (κ2) is 6.75. The van der Waals surface area contributed by atoms with Gasteiger partial charge in [-0.15, -0.1) is 0 Å². The average molecular weight is 261 g/mol. The summed E-state index contributed by atoms with van der Waals surface area (Å²) in [5.41, 5.74) is 6.87. The Morgan fingerprint density at radius 2 is 1.68 bits per heavy atom. The van der Waals surface area contributed by atoms with Crippen molar-refractivity contribution in [2.75, 3.05) is 18.9 Å². The fourth-order valence-electron chi connectivity index (χ4n) is 1.62. The van der Waals surface area contributed by atoms with Gasteiger partial charge in [-0.3, -0.25) is 0 Å². The van der Waals surface area contributed by atoms with Crippen LogP contribution in [0.25, 0.3) is 0 Å². The molecule has 100 valence electrons. The van der Waals surface area contributed by atoms with Crippen LogP contribution in [0.3, 0.4) is 0 Å². The van der Waals surface area contributed by atoms with Gasteiger partial charge in [0.15, 0.2) is 0 Å². The summed E-state index contributed by atoms with van der Waals surface area (Å²) in [6, 6.07) is 13.8. The van der Waals surface area contributed by atoms with Crippen molar-refractivity contribution < 1.29 is 13.9 Å². The molecule has 0 amide bonds. The Hall–Kier alpha value is -2.07. The van der Waals surface area contributed by atoms with Crippen LogP contribution in [0.4, 0.5) is 10.1 Å². The van der Waals surface area contributed by atoms with Crippen LogP contribution in [-0.4, -0.2) is 13.2 Å². The summed E-state index contributed by atoms with van der Waals surface area (Å²) in [6.07, 6.45) is 0. The maximum absolute atomic E-state index is 13.3. The van der Waals surface area contributed by atoms with E-state index < -0.39 is 0 Å². The van der Waals surface area contributed by atoms with Gasteiger partial charge in [-0.1, -0.05) is 30.3 Å². The maximum atomic E-state index is 13.3. The van der Waals surface area contributed by atoms with Gasteiger partial charge in [0.2, 0.25) is 0 Å². The van der Waals surface area contributed by atoms with Crippen molar-refractivity contribution in [3.05, 3.63) is 59.9 Å². The molecule has 3 nitrogen and oxygen atoms in total. The molecule has 0 aliphatic heterocycles. The first-order chi connectivity index (χ1) is 9.27. The molecule has 0 aliphatic carbocycles. The number of halogens is 1. The summed E-state index contributed by atoms with van der Waals surface area (Å²) in [5.74, 6) is 0.382. The highest BCUT2D eigenvalue weighted by atomic mass is 19.1. The molecule has 0 saturated heterocycles. The first kappa shape index (κ1) is 13.4. The lowest BCUT2D eigenvalue weighted by Gasteiger charge is -2.09. The third-order valence-corrected chi connectivity index (χ3v) is 2.62. The van der Waals surface area contributed by atoms with Crippen molar-refractivity contribution in [2.45, 2.75) is 6.61 Å². The van der Waals surface area contributed by atoms with Crippen molar-refractivity contribution in [1.82, 2.24) is 0 Å². The van der Waals surface area contributed by atoms with Gasteiger partial charge in [-0.25, -0.2) is 4.39 Å². The van der Waals surface area contributed by atoms with E-state index in [2.05, 4.69) is 0 Å². The number of nitrogens with two attached hydrogens (primary N) is 1. The molecular weight excluding hydrogens is 245 g/mol. The van der Waals surface area contributed by atoms with Crippen LogP contribution in [0.1, 0.15) is 5.56 Å². The highest BCUT2D eigenvalue weighted by Crippen LogP contribution is 2.19. The minimum atomic E-state index is -0.254. The van der Waals surface area contributed by atoms with Crippen molar-refractivity contribution in [1.29, 1.82) is 0 Å². The molecule has 0 bridgehead atoms. The number of hydrogen-bond donors (Lipinski definition) is 1. The Bertz CT molecular complexity index is 484. The summed E-state index contributed by atoms with van der Waals surface area (Å²) in [4.78, 5) is 0. The molecule has 2 aromatic rings. The fraction of sp³-hybridized carbons (Fsp3) is 0.200. The molecule has 0 aliphatic rings. The quantitative estimate of drug-likeness (QED) is 0.642. The molecule has 2 N–H and O–H groups in total. The molecule has 2 rings (SSSR count). The van der Waals surface area contributed by atoms with Gasteiger partial charge in [-0.2, -0.15) is 0 Å². The van der Waals surface area contributed by atoms with Crippen LogP contribution < -0.4 is 10.5 Å². The molecule has 0 saturated carbocycles. The molecule has 0 heterocycles. The van der Waals surface area contributed by atoms with Gasteiger partial charge in [-0.05, 0) is 18.2 Å². The van der Waals surface area contributed by atoms with E-state index in [1.807, 2.05) is 12.1 Å². The zero-order valence-electron chi connectivity index (χ0n) is 10.5. The predicted molar refractivity (Wildman–Crippen MR) is 72.4 cm³/mol. The summed E-state index contributed by atoms with van der Waals surface area (Å²) < 4.78 is 24.1. The van der Waals surface area contributed by atoms with E-state index in [-0.39, 0.29) is 12.4 Å². The summed E-state index contributed by atoms with van der Waals surface area (Å²) in [5, 5.41) is 0. The number of para-hydroxylation sites is 2. The van der Waals surface area contributed by atoms with Crippen molar-refractivity contribution in [2.24, 2.45) is 0 Å². The van der Waals surface area contributed by atoms with Crippen LogP contribution in [-0.2, 0) is 11.3 Å². The normalized spacial score (nSPS) is 10.4. The molecular formula is C15H16FNO2. The minimum Gasteiger partial charge on any atom is -0.489 e. The zero-order valence-corrected chi connectivity index (χ0v) is 10.5. The van der Waals surface area contributed by atoms with Crippen LogP contribution in [0.2, 0.25) is 0 Å². The molecule has 0 radical (unpaired) electrons. The molecule has 2 aromatic carbocycles. The maximum Gasteiger partial charge on any atom is 0.142 e. The van der Waals surface area contributed by atoms with Crippen molar-refractivity contribution in [3.8, 4) is 5.75 Å². The SMILES string of the molecule is Nc1ccccc1OCCOCc1ccccc1F. The summed E-state index contributed by atoms with van der Waals surface area (Å²) in [7, 11) is 0. The van der Waals surface area contributed by atoms with Crippen LogP contribution in [0, 0.1) is 5.82 Å². The third kappa shape index (κ3) is 3.96. The first-order valence-electron chi connectivity index (χ1n) is 6.06. The predicted octanol–water partition coefficient (Wildman–Crippen LogP) is 3.00. The van der Waals surface area contributed by atoms with E-state index in [4.69, 9.17) is 15.2 Å². The van der Waals surface area contributed by atoms with Crippen molar-refractivity contribution >= 4 is 5.69 Å². The van der Waals surface area contributed by atoms with E-state index in [9.17, 15) is 4.39 Å². The van der Waals surface area contributed by atoms with Gasteiger partial charge >= 0.3 is 0 Å². The molecule has 0 aromatic heterocycles. The molecule has 0 unspecified atom stereocenters. The van der Waals surface area contributed by atoms with Gasteiger partial charge in [0, 0.05) is 5.56 Å². The van der Waals surface area contributed by atoms with E-state index >= 15 is 0 Å². The topological polar surface area (TPSA) is 44.5 Å². The Balaban J connectivity index is 1.71. The number of nitrogen functional groups attached to an aromatic ring is 1. The van der Waals surface area contributed by atoms with Crippen LogP contribution in [0.15, 0.2) is 48.5 Å². The molecule has 0 spiro atoms. The van der Waals surface area contributed by atoms with E-state index in [0.29, 0.717) is 30.2 Å². The number of benzene rings is 2. The third-order valence-electron chi connectivity index (χ3n) is 2.62. The lowest BCUT2D eigenvalue weighted by atomic mass is 10.2. The first-order valence-corrected chi connectivity index (χ1v) is 6.06. The fourth-order valence-corrected chi connectivity index (χ4v) is 1.62. The second-order valence-corrected chi connectivity index (χ2v) is 4.03. The van der Waals surface area contributed by atoms with E-state index in [1.165, 1.54) is 6.07 Å². The second-order valence-electron chi connectivity index (χ2n) is 4.03. The summed E-state index contributed by atoms with van der Waals surface area (Å²) in [6.45, 7) is 0.992. The Labute approximate surface area is 111 Å².